The summed E-state index contributed by atoms with van der Waals surface area (Å²) < 4.78 is 6.72. The zero-order chi connectivity index (χ0) is 26.6. The second-order valence-electron chi connectivity index (χ2n) is 9.75. The van der Waals surface area contributed by atoms with Crippen LogP contribution in [0.15, 0.2) is 45.7 Å². The molecule has 11 nitrogen and oxygen atoms in total. The van der Waals surface area contributed by atoms with E-state index in [1.165, 1.54) is 13.1 Å². The highest BCUT2D eigenvalue weighted by molar-refractivity contribution is 5.98. The first kappa shape index (κ1) is 26.5. The maximum Gasteiger partial charge on any atom is 0.286 e. The van der Waals surface area contributed by atoms with Crippen molar-refractivity contribution in [2.75, 3.05) is 5.32 Å². The Labute approximate surface area is 208 Å². The summed E-state index contributed by atoms with van der Waals surface area (Å²) in [6.07, 6.45) is 1.25. The number of aromatic nitrogens is 4. The fourth-order valence-corrected chi connectivity index (χ4v) is 3.39. The maximum absolute atomic E-state index is 13.1. The third kappa shape index (κ3) is 6.09. The molecule has 0 aliphatic heterocycles. The van der Waals surface area contributed by atoms with Gasteiger partial charge in [0.25, 0.3) is 11.4 Å². The predicted molar refractivity (Wildman–Crippen MR) is 132 cm³/mol. The molecule has 0 aliphatic carbocycles. The number of rotatable bonds is 8. The molecular weight excluding hydrogens is 464 g/mol. The van der Waals surface area contributed by atoms with Crippen molar-refractivity contribution < 1.29 is 18.8 Å². The summed E-state index contributed by atoms with van der Waals surface area (Å²) in [4.78, 5) is 55.2. The number of Topliss-reactive ketones (excluding diaryl/α,β-unsaturated/α-hetero) is 1. The van der Waals surface area contributed by atoms with Crippen LogP contribution in [-0.4, -0.2) is 43.4 Å². The van der Waals surface area contributed by atoms with Crippen LogP contribution in [0.5, 0.6) is 0 Å². The van der Waals surface area contributed by atoms with Gasteiger partial charge in [0, 0.05) is 17.9 Å². The fourth-order valence-electron chi connectivity index (χ4n) is 3.39. The molecule has 1 unspecified atom stereocenters. The number of ketones is 1. The molecule has 0 saturated heterocycles. The van der Waals surface area contributed by atoms with Gasteiger partial charge in [0.1, 0.15) is 18.1 Å². The molecule has 0 spiro atoms. The van der Waals surface area contributed by atoms with Gasteiger partial charge in [0.2, 0.25) is 23.5 Å². The third-order valence-corrected chi connectivity index (χ3v) is 5.23. The van der Waals surface area contributed by atoms with Crippen LogP contribution in [0.4, 0.5) is 5.69 Å². The van der Waals surface area contributed by atoms with Gasteiger partial charge >= 0.3 is 0 Å². The summed E-state index contributed by atoms with van der Waals surface area (Å²) in [5.41, 5.74) is -0.502. The first-order valence-corrected chi connectivity index (χ1v) is 11.5. The van der Waals surface area contributed by atoms with Gasteiger partial charge in [-0.25, -0.2) is 4.98 Å². The lowest BCUT2D eigenvalue weighted by atomic mass is 9.97. The molecule has 0 radical (unpaired) electrons. The van der Waals surface area contributed by atoms with Crippen molar-refractivity contribution in [3.63, 3.8) is 0 Å². The lowest BCUT2D eigenvalue weighted by Gasteiger charge is -2.21. The quantitative estimate of drug-likeness (QED) is 0.454. The summed E-state index contributed by atoms with van der Waals surface area (Å²) in [6, 6.07) is 7.89. The Morgan fingerprint density at radius 1 is 1.08 bits per heavy atom. The van der Waals surface area contributed by atoms with E-state index in [9.17, 15) is 19.2 Å². The Morgan fingerprint density at radius 3 is 2.31 bits per heavy atom. The minimum atomic E-state index is -0.965. The van der Waals surface area contributed by atoms with E-state index in [1.807, 2.05) is 26.8 Å². The number of carbonyl (C=O) groups excluding carboxylic acids is 3. The maximum atomic E-state index is 13.1. The highest BCUT2D eigenvalue weighted by Crippen LogP contribution is 2.21. The fraction of sp³-hybridized carbons (Fsp3) is 0.400. The number of anilines is 1. The number of carbonyl (C=O) groups is 3. The van der Waals surface area contributed by atoms with Gasteiger partial charge in [0.15, 0.2) is 0 Å². The van der Waals surface area contributed by atoms with Gasteiger partial charge in [-0.15, -0.1) is 10.2 Å². The van der Waals surface area contributed by atoms with Crippen molar-refractivity contribution in [3.8, 4) is 11.4 Å². The van der Waals surface area contributed by atoms with Crippen LogP contribution in [-0.2, 0) is 21.5 Å². The predicted octanol–water partition coefficient (Wildman–Crippen LogP) is 2.57. The minimum absolute atomic E-state index is 0.0629. The number of benzene rings is 1. The van der Waals surface area contributed by atoms with E-state index in [0.29, 0.717) is 11.5 Å². The van der Waals surface area contributed by atoms with E-state index in [2.05, 4.69) is 25.8 Å². The van der Waals surface area contributed by atoms with E-state index in [0.717, 1.165) is 4.57 Å². The second-order valence-corrected chi connectivity index (χ2v) is 9.75. The first-order valence-electron chi connectivity index (χ1n) is 11.5. The summed E-state index contributed by atoms with van der Waals surface area (Å²) in [5.74, 6) is -1.53. The van der Waals surface area contributed by atoms with Crippen molar-refractivity contribution >= 4 is 23.3 Å². The van der Waals surface area contributed by atoms with Crippen LogP contribution in [0, 0.1) is 5.92 Å². The lowest BCUT2D eigenvalue weighted by molar-refractivity contribution is -0.122. The van der Waals surface area contributed by atoms with E-state index in [1.54, 1.807) is 38.1 Å². The van der Waals surface area contributed by atoms with Crippen molar-refractivity contribution in [2.45, 2.75) is 59.5 Å². The van der Waals surface area contributed by atoms with E-state index in [-0.39, 0.29) is 23.3 Å². The Hall–Kier alpha value is -4.15. The van der Waals surface area contributed by atoms with Gasteiger partial charge < -0.3 is 15.1 Å². The number of hydrogen-bond donors (Lipinski definition) is 2. The van der Waals surface area contributed by atoms with Crippen molar-refractivity contribution in [2.24, 2.45) is 5.92 Å². The summed E-state index contributed by atoms with van der Waals surface area (Å²) in [6.45, 7) is 10.00. The van der Waals surface area contributed by atoms with Gasteiger partial charge in [-0.1, -0.05) is 65.0 Å². The number of amides is 2. The van der Waals surface area contributed by atoms with Gasteiger partial charge in [-0.05, 0) is 5.92 Å². The van der Waals surface area contributed by atoms with E-state index >= 15 is 0 Å². The highest BCUT2D eigenvalue weighted by atomic mass is 16.4. The molecule has 0 fully saturated rings. The van der Waals surface area contributed by atoms with Crippen molar-refractivity contribution in [3.05, 3.63) is 58.7 Å². The molecular formula is C25H30N6O5. The SMILES string of the molecule is CC(=O)Nc1cnc(-c2ccccc2)n(CC(=O)NC(C(=O)c2nnc(C(C)(C)C)o2)C(C)C)c1=O. The molecule has 3 rings (SSSR count). The molecule has 2 amide bonds. The Morgan fingerprint density at radius 2 is 1.75 bits per heavy atom. The van der Waals surface area contributed by atoms with Crippen molar-refractivity contribution in [1.82, 2.24) is 25.1 Å². The van der Waals surface area contributed by atoms with Crippen LogP contribution in [0.2, 0.25) is 0 Å². The zero-order valence-electron chi connectivity index (χ0n) is 21.2. The smallest absolute Gasteiger partial charge is 0.286 e. The molecule has 36 heavy (non-hydrogen) atoms. The topological polar surface area (TPSA) is 149 Å². The molecule has 0 saturated carbocycles. The van der Waals surface area contributed by atoms with Crippen LogP contribution >= 0.6 is 0 Å². The van der Waals surface area contributed by atoms with E-state index in [4.69, 9.17) is 4.42 Å². The highest BCUT2D eigenvalue weighted by Gasteiger charge is 2.31. The molecule has 2 N–H and O–H groups in total. The first-order chi connectivity index (χ1) is 16.9. The van der Waals surface area contributed by atoms with Crippen LogP contribution in [0.1, 0.15) is 58.1 Å². The van der Waals surface area contributed by atoms with Gasteiger partial charge in [-0.3, -0.25) is 23.7 Å². The van der Waals surface area contributed by atoms with Gasteiger partial charge in [0.05, 0.1) is 12.2 Å². The Kier molecular flexibility index (Phi) is 7.81. The Balaban J connectivity index is 1.91. The molecule has 1 aromatic carbocycles. The number of nitrogens with zero attached hydrogens (tertiary/aromatic N) is 4. The molecule has 11 heteroatoms. The van der Waals surface area contributed by atoms with E-state index < -0.39 is 41.2 Å². The largest absolute Gasteiger partial charge is 0.418 e. The molecule has 0 aliphatic rings. The standard InChI is InChI=1S/C25H30N6O5/c1-14(2)19(20(34)22-29-30-24(36-22)25(4,5)6)28-18(33)13-31-21(16-10-8-7-9-11-16)26-12-17(23(31)35)27-15(3)32/h7-12,14,19H,13H2,1-6H3,(H,27,32)(H,28,33). The zero-order valence-corrected chi connectivity index (χ0v) is 21.2. The molecule has 190 valence electrons. The van der Waals surface area contributed by atoms with Crippen LogP contribution < -0.4 is 16.2 Å². The van der Waals surface area contributed by atoms with Crippen LogP contribution in [0.25, 0.3) is 11.4 Å². The average molecular weight is 495 g/mol. The number of hydrogen-bond acceptors (Lipinski definition) is 8. The summed E-state index contributed by atoms with van der Waals surface area (Å²) >= 11 is 0. The molecule has 3 aromatic rings. The summed E-state index contributed by atoms with van der Waals surface area (Å²) in [7, 11) is 0. The van der Waals surface area contributed by atoms with Crippen LogP contribution in [0.3, 0.4) is 0 Å². The molecule has 0 bridgehead atoms. The number of nitrogens with one attached hydrogen (secondary N) is 2. The summed E-state index contributed by atoms with van der Waals surface area (Å²) in [5, 5.41) is 12.9. The molecule has 2 aromatic heterocycles. The third-order valence-electron chi connectivity index (χ3n) is 5.23. The minimum Gasteiger partial charge on any atom is -0.418 e. The molecule has 2 heterocycles. The van der Waals surface area contributed by atoms with Gasteiger partial charge in [-0.2, -0.15) is 0 Å². The second kappa shape index (κ2) is 10.6. The lowest BCUT2D eigenvalue weighted by Crippen LogP contribution is -2.46. The average Bonchev–Trinajstić information content (AvgIpc) is 3.31. The monoisotopic (exact) mass is 494 g/mol. The molecule has 1 atom stereocenters. The van der Waals surface area contributed by atoms with Crippen molar-refractivity contribution in [1.29, 1.82) is 0 Å². The Bertz CT molecular complexity index is 1320. The normalized spacial score (nSPS) is 12.3.